The number of halogens is 2. The number of nitrogens with two attached hydrogens (primary N) is 1. The number of nitrogens with one attached hydrogen (secondary N) is 1. The van der Waals surface area contributed by atoms with Gasteiger partial charge >= 0.3 is 0 Å². The highest BCUT2D eigenvalue weighted by Crippen LogP contribution is 2.34. The molecule has 2 atom stereocenters. The fourth-order valence-corrected chi connectivity index (χ4v) is 2.92. The zero-order valence-corrected chi connectivity index (χ0v) is 13.4. The van der Waals surface area contributed by atoms with Crippen molar-refractivity contribution in [2.75, 3.05) is 5.32 Å². The van der Waals surface area contributed by atoms with Crippen molar-refractivity contribution in [2.24, 2.45) is 11.7 Å². The second kappa shape index (κ2) is 6.65. The zero-order chi connectivity index (χ0) is 17.3. The number of nitrogens with zero attached hydrogens (tertiary/aromatic N) is 1. The maximum Gasteiger partial charge on any atom is 0.227 e. The predicted molar refractivity (Wildman–Crippen MR) is 88.2 cm³/mol. The van der Waals surface area contributed by atoms with Crippen LogP contribution in [-0.4, -0.2) is 10.9 Å². The summed E-state index contributed by atoms with van der Waals surface area (Å²) in [7, 11) is 0. The fraction of sp³-hybridized carbons (Fsp3) is 0.333. The average molecular weight is 331 g/mol. The van der Waals surface area contributed by atoms with Gasteiger partial charge in [-0.1, -0.05) is 13.3 Å². The lowest BCUT2D eigenvalue weighted by molar-refractivity contribution is -0.119. The van der Waals surface area contributed by atoms with E-state index in [2.05, 4.69) is 10.3 Å². The molecule has 0 fully saturated rings. The molecule has 24 heavy (non-hydrogen) atoms. The minimum absolute atomic E-state index is 0.0203. The van der Waals surface area contributed by atoms with E-state index < -0.39 is 11.6 Å². The van der Waals surface area contributed by atoms with E-state index in [1.807, 2.05) is 6.92 Å². The number of amides is 1. The number of anilines is 1. The van der Waals surface area contributed by atoms with Gasteiger partial charge in [0, 0.05) is 23.7 Å². The van der Waals surface area contributed by atoms with Gasteiger partial charge in [-0.05, 0) is 42.7 Å². The van der Waals surface area contributed by atoms with Gasteiger partial charge in [-0.3, -0.25) is 9.78 Å². The Hall–Kier alpha value is -2.34. The third-order valence-corrected chi connectivity index (χ3v) is 4.40. The van der Waals surface area contributed by atoms with E-state index in [1.165, 1.54) is 12.3 Å². The summed E-state index contributed by atoms with van der Waals surface area (Å²) in [4.78, 5) is 16.6. The molecule has 2 aromatic rings. The standard InChI is InChI=1S/C18H19F2N3O/c1-10-3-2-4-13(21)15-9-11(7-8-22-15)16-14(23-18(10)24)6-5-12(19)17(16)20/h5-10,13H,2-4,21H2,1H3,(H,23,24)/t10-,13+/m1/s1. The first-order valence-corrected chi connectivity index (χ1v) is 7.98. The number of hydrogen-bond donors (Lipinski definition) is 2. The van der Waals surface area contributed by atoms with Gasteiger partial charge in [-0.15, -0.1) is 0 Å². The van der Waals surface area contributed by atoms with Crippen LogP contribution in [0.4, 0.5) is 14.5 Å². The van der Waals surface area contributed by atoms with E-state index in [4.69, 9.17) is 5.73 Å². The first-order chi connectivity index (χ1) is 11.5. The molecule has 1 aliphatic rings. The molecule has 1 aliphatic heterocycles. The van der Waals surface area contributed by atoms with Gasteiger partial charge in [0.1, 0.15) is 0 Å². The molecule has 0 spiro atoms. The molecule has 1 aromatic heterocycles. The zero-order valence-electron chi connectivity index (χ0n) is 13.4. The molecular weight excluding hydrogens is 312 g/mol. The number of benzene rings is 1. The van der Waals surface area contributed by atoms with Crippen LogP contribution in [0.2, 0.25) is 0 Å². The molecule has 6 heteroatoms. The minimum Gasteiger partial charge on any atom is -0.325 e. The van der Waals surface area contributed by atoms with E-state index in [9.17, 15) is 13.6 Å². The van der Waals surface area contributed by atoms with Gasteiger partial charge in [-0.25, -0.2) is 8.78 Å². The maximum atomic E-state index is 14.5. The number of hydrogen-bond acceptors (Lipinski definition) is 3. The highest BCUT2D eigenvalue weighted by molar-refractivity contribution is 5.96. The molecule has 0 unspecified atom stereocenters. The number of rotatable bonds is 0. The molecular formula is C18H19F2N3O. The van der Waals surface area contributed by atoms with Gasteiger partial charge in [0.25, 0.3) is 0 Å². The highest BCUT2D eigenvalue weighted by atomic mass is 19.2. The molecule has 126 valence electrons. The van der Waals surface area contributed by atoms with Crippen molar-refractivity contribution < 1.29 is 13.6 Å². The Labute approximate surface area is 139 Å². The fourth-order valence-electron chi connectivity index (χ4n) is 2.92. The van der Waals surface area contributed by atoms with Crippen LogP contribution >= 0.6 is 0 Å². The maximum absolute atomic E-state index is 14.5. The van der Waals surface area contributed by atoms with Gasteiger partial charge in [0.2, 0.25) is 5.91 Å². The van der Waals surface area contributed by atoms with Crippen LogP contribution in [0.25, 0.3) is 11.1 Å². The molecule has 3 N–H and O–H groups in total. The third-order valence-electron chi connectivity index (χ3n) is 4.40. The number of fused-ring (bicyclic) bond motifs is 4. The number of carbonyl (C=O) groups excluding carboxylic acids is 1. The SMILES string of the molecule is C[C@@H]1CCC[C@H](N)c2cc(ccn2)-c2c(ccc(F)c2F)NC1=O. The Morgan fingerprint density at radius 3 is 2.83 bits per heavy atom. The van der Waals surface area contributed by atoms with E-state index in [1.54, 1.807) is 12.1 Å². The lowest BCUT2D eigenvalue weighted by Crippen LogP contribution is -2.22. The molecule has 0 aliphatic carbocycles. The van der Waals surface area contributed by atoms with E-state index in [-0.39, 0.29) is 29.1 Å². The quantitative estimate of drug-likeness (QED) is 0.772. The largest absolute Gasteiger partial charge is 0.325 e. The Balaban J connectivity index is 2.19. The average Bonchev–Trinajstić information content (AvgIpc) is 2.57. The molecule has 1 aromatic carbocycles. The first kappa shape index (κ1) is 16.5. The van der Waals surface area contributed by atoms with Crippen LogP contribution in [0.3, 0.4) is 0 Å². The van der Waals surface area contributed by atoms with Crippen molar-refractivity contribution in [1.82, 2.24) is 4.98 Å². The Kier molecular flexibility index (Phi) is 4.57. The van der Waals surface area contributed by atoms with Gasteiger partial charge in [-0.2, -0.15) is 0 Å². The van der Waals surface area contributed by atoms with Crippen molar-refractivity contribution in [2.45, 2.75) is 32.2 Å². The van der Waals surface area contributed by atoms with Crippen molar-refractivity contribution in [3.63, 3.8) is 0 Å². The molecule has 0 radical (unpaired) electrons. The summed E-state index contributed by atoms with van der Waals surface area (Å²) in [6.07, 6.45) is 3.64. The van der Waals surface area contributed by atoms with E-state index >= 15 is 0 Å². The van der Waals surface area contributed by atoms with Gasteiger partial charge < -0.3 is 11.1 Å². The van der Waals surface area contributed by atoms with Crippen LogP contribution < -0.4 is 11.1 Å². The molecule has 2 bridgehead atoms. The topological polar surface area (TPSA) is 68.0 Å². The van der Waals surface area contributed by atoms with Crippen molar-refractivity contribution >= 4 is 11.6 Å². The summed E-state index contributed by atoms with van der Waals surface area (Å²) in [5.41, 5.74) is 7.49. The summed E-state index contributed by atoms with van der Waals surface area (Å²) in [5, 5.41) is 2.72. The third kappa shape index (κ3) is 3.14. The van der Waals surface area contributed by atoms with Gasteiger partial charge in [0.05, 0.1) is 11.4 Å². The minimum atomic E-state index is -0.997. The van der Waals surface area contributed by atoms with Crippen LogP contribution in [0.1, 0.15) is 37.9 Å². The van der Waals surface area contributed by atoms with Crippen LogP contribution in [0, 0.1) is 17.6 Å². The molecule has 0 saturated carbocycles. The van der Waals surface area contributed by atoms with E-state index in [0.29, 0.717) is 24.1 Å². The molecule has 3 rings (SSSR count). The molecule has 1 amide bonds. The molecule has 2 heterocycles. The Morgan fingerprint density at radius 2 is 2.04 bits per heavy atom. The first-order valence-electron chi connectivity index (χ1n) is 7.98. The van der Waals surface area contributed by atoms with Crippen LogP contribution in [-0.2, 0) is 4.79 Å². The highest BCUT2D eigenvalue weighted by Gasteiger charge is 2.22. The monoisotopic (exact) mass is 331 g/mol. The number of pyridine rings is 1. The van der Waals surface area contributed by atoms with Crippen LogP contribution in [0.5, 0.6) is 0 Å². The molecule has 4 nitrogen and oxygen atoms in total. The van der Waals surface area contributed by atoms with E-state index in [0.717, 1.165) is 12.5 Å². The lowest BCUT2D eigenvalue weighted by Gasteiger charge is -2.19. The lowest BCUT2D eigenvalue weighted by atomic mass is 9.95. The second-order valence-corrected chi connectivity index (χ2v) is 6.18. The summed E-state index contributed by atoms with van der Waals surface area (Å²) in [6, 6.07) is 5.32. The summed E-state index contributed by atoms with van der Waals surface area (Å²) < 4.78 is 28.2. The normalized spacial score (nSPS) is 21.2. The number of carbonyl (C=O) groups is 1. The van der Waals surface area contributed by atoms with Gasteiger partial charge in [0.15, 0.2) is 11.6 Å². The second-order valence-electron chi connectivity index (χ2n) is 6.18. The smallest absolute Gasteiger partial charge is 0.227 e. The summed E-state index contributed by atoms with van der Waals surface area (Å²) in [5.74, 6) is -2.43. The Morgan fingerprint density at radius 1 is 1.25 bits per heavy atom. The van der Waals surface area contributed by atoms with Crippen molar-refractivity contribution in [3.05, 3.63) is 47.8 Å². The summed E-state index contributed by atoms with van der Waals surface area (Å²) >= 11 is 0. The summed E-state index contributed by atoms with van der Waals surface area (Å²) in [6.45, 7) is 1.81. The number of aromatic nitrogens is 1. The predicted octanol–water partition coefficient (Wildman–Crippen LogP) is 3.79. The Bertz CT molecular complexity index is 779. The molecule has 0 saturated heterocycles. The van der Waals surface area contributed by atoms with Crippen LogP contribution in [0.15, 0.2) is 30.5 Å². The van der Waals surface area contributed by atoms with Crippen molar-refractivity contribution in [1.29, 1.82) is 0 Å². The van der Waals surface area contributed by atoms with Crippen molar-refractivity contribution in [3.8, 4) is 11.1 Å².